The lowest BCUT2D eigenvalue weighted by Crippen LogP contribution is -2.55. The average Bonchev–Trinajstić information content (AvgIpc) is 2.58. The molecule has 2 rings (SSSR count). The number of aryl methyl sites for hydroxylation is 1. The minimum atomic E-state index is -0.512. The van der Waals surface area contributed by atoms with Crippen LogP contribution in [-0.2, 0) is 11.2 Å². The maximum atomic E-state index is 12.4. The van der Waals surface area contributed by atoms with Crippen molar-refractivity contribution in [1.82, 2.24) is 20.3 Å². The van der Waals surface area contributed by atoms with Gasteiger partial charge in [0, 0.05) is 35.8 Å². The third kappa shape index (κ3) is 6.02. The number of aromatic amines is 1. The Labute approximate surface area is 171 Å². The van der Waals surface area contributed by atoms with Crippen LogP contribution in [-0.4, -0.2) is 32.9 Å². The second kappa shape index (κ2) is 10.4. The van der Waals surface area contributed by atoms with Gasteiger partial charge in [-0.25, -0.2) is 4.98 Å². The number of nitrogens with one attached hydrogen (secondary N) is 2. The van der Waals surface area contributed by atoms with Gasteiger partial charge in [-0.1, -0.05) is 13.8 Å². The standard InChI is InChI=1S/C18H25N5O2.2ClH/c1-11(2)18(4,10-19)23-15(24)9-14-12(3)21-16(22-17(14)25)13-5-7-20-8-6-13;;/h5-8,11H,9-10,19H2,1-4H3,(H,23,24)(H,21,22,25);2*1H. The van der Waals surface area contributed by atoms with Crippen molar-refractivity contribution in [2.75, 3.05) is 6.54 Å². The predicted octanol–water partition coefficient (Wildman–Crippen LogP) is 2.02. The van der Waals surface area contributed by atoms with Crippen LogP contribution in [0.5, 0.6) is 0 Å². The number of carbonyl (C=O) groups is 1. The van der Waals surface area contributed by atoms with Crippen molar-refractivity contribution in [3.05, 3.63) is 46.1 Å². The van der Waals surface area contributed by atoms with E-state index in [-0.39, 0.29) is 48.6 Å². The Kier molecular flexibility index (Phi) is 9.64. The number of nitrogens with zero attached hydrogens (tertiary/aromatic N) is 2. The number of aromatic nitrogens is 3. The molecule has 150 valence electrons. The minimum absolute atomic E-state index is 0. The number of hydrogen-bond donors (Lipinski definition) is 3. The molecule has 0 fully saturated rings. The van der Waals surface area contributed by atoms with Crippen molar-refractivity contribution in [2.24, 2.45) is 11.7 Å². The van der Waals surface area contributed by atoms with Gasteiger partial charge in [0.2, 0.25) is 5.91 Å². The van der Waals surface area contributed by atoms with E-state index in [2.05, 4.69) is 20.3 Å². The fourth-order valence-electron chi connectivity index (χ4n) is 2.42. The number of nitrogens with two attached hydrogens (primary N) is 1. The molecule has 0 saturated heterocycles. The molecule has 27 heavy (non-hydrogen) atoms. The summed E-state index contributed by atoms with van der Waals surface area (Å²) in [5.74, 6) is 0.393. The van der Waals surface area contributed by atoms with Gasteiger partial charge in [-0.3, -0.25) is 14.6 Å². The molecule has 0 aromatic carbocycles. The van der Waals surface area contributed by atoms with Crippen LogP contribution in [0.1, 0.15) is 32.0 Å². The Bertz CT molecular complexity index is 811. The number of carbonyl (C=O) groups excluding carboxylic acids is 1. The van der Waals surface area contributed by atoms with Crippen molar-refractivity contribution >= 4 is 30.7 Å². The summed E-state index contributed by atoms with van der Waals surface area (Å²) in [5.41, 5.74) is 6.63. The van der Waals surface area contributed by atoms with Crippen molar-refractivity contribution in [3.8, 4) is 11.4 Å². The van der Waals surface area contributed by atoms with Crippen LogP contribution in [0.15, 0.2) is 29.3 Å². The lowest BCUT2D eigenvalue weighted by Gasteiger charge is -2.33. The van der Waals surface area contributed by atoms with Gasteiger partial charge in [0.05, 0.1) is 12.0 Å². The summed E-state index contributed by atoms with van der Waals surface area (Å²) in [7, 11) is 0. The quantitative estimate of drug-likeness (QED) is 0.667. The molecule has 7 nitrogen and oxygen atoms in total. The van der Waals surface area contributed by atoms with E-state index in [9.17, 15) is 9.59 Å². The second-order valence-electron chi connectivity index (χ2n) is 6.72. The Morgan fingerprint density at radius 3 is 2.37 bits per heavy atom. The molecule has 4 N–H and O–H groups in total. The molecular formula is C18H27Cl2N5O2. The fraction of sp³-hybridized carbons (Fsp3) is 0.444. The summed E-state index contributed by atoms with van der Waals surface area (Å²) in [4.78, 5) is 35.9. The van der Waals surface area contributed by atoms with E-state index in [4.69, 9.17) is 5.73 Å². The molecule has 0 radical (unpaired) electrons. The largest absolute Gasteiger partial charge is 0.349 e. The third-order valence-corrected chi connectivity index (χ3v) is 4.64. The molecule has 0 aliphatic rings. The molecule has 1 unspecified atom stereocenters. The molecule has 0 saturated carbocycles. The van der Waals surface area contributed by atoms with Crippen molar-refractivity contribution in [2.45, 2.75) is 39.7 Å². The van der Waals surface area contributed by atoms with Crippen LogP contribution in [0, 0.1) is 12.8 Å². The summed E-state index contributed by atoms with van der Waals surface area (Å²) >= 11 is 0. The van der Waals surface area contributed by atoms with E-state index < -0.39 is 5.54 Å². The molecule has 9 heteroatoms. The highest BCUT2D eigenvalue weighted by Gasteiger charge is 2.29. The van der Waals surface area contributed by atoms with Crippen LogP contribution in [0.4, 0.5) is 0 Å². The van der Waals surface area contributed by atoms with Gasteiger partial charge in [0.1, 0.15) is 5.82 Å². The molecular weight excluding hydrogens is 389 g/mol. The molecule has 1 amide bonds. The molecule has 0 spiro atoms. The normalized spacial score (nSPS) is 12.5. The van der Waals surface area contributed by atoms with Crippen LogP contribution in [0.3, 0.4) is 0 Å². The van der Waals surface area contributed by atoms with Gasteiger partial charge in [0.25, 0.3) is 5.56 Å². The highest BCUT2D eigenvalue weighted by atomic mass is 35.5. The van der Waals surface area contributed by atoms with Crippen LogP contribution >= 0.6 is 24.8 Å². The van der Waals surface area contributed by atoms with Gasteiger partial charge in [-0.05, 0) is 31.9 Å². The summed E-state index contributed by atoms with van der Waals surface area (Å²) in [5, 5.41) is 2.94. The lowest BCUT2D eigenvalue weighted by molar-refractivity contribution is -0.122. The van der Waals surface area contributed by atoms with E-state index in [1.54, 1.807) is 31.5 Å². The van der Waals surface area contributed by atoms with E-state index in [1.807, 2.05) is 20.8 Å². The first-order chi connectivity index (χ1) is 11.8. The zero-order valence-electron chi connectivity index (χ0n) is 15.9. The van der Waals surface area contributed by atoms with Crippen LogP contribution < -0.4 is 16.6 Å². The maximum absolute atomic E-state index is 12.4. The second-order valence-corrected chi connectivity index (χ2v) is 6.72. The van der Waals surface area contributed by atoms with Gasteiger partial charge < -0.3 is 16.0 Å². The van der Waals surface area contributed by atoms with Gasteiger partial charge in [0.15, 0.2) is 0 Å². The Hall–Kier alpha value is -1.96. The molecule has 2 aromatic heterocycles. The van der Waals surface area contributed by atoms with Gasteiger partial charge >= 0.3 is 0 Å². The van der Waals surface area contributed by atoms with Crippen LogP contribution in [0.25, 0.3) is 11.4 Å². The monoisotopic (exact) mass is 415 g/mol. The first-order valence-corrected chi connectivity index (χ1v) is 8.28. The number of halogens is 2. The molecule has 0 bridgehead atoms. The topological polar surface area (TPSA) is 114 Å². The zero-order chi connectivity index (χ0) is 18.6. The third-order valence-electron chi connectivity index (χ3n) is 4.64. The Balaban J connectivity index is 0.00000338. The molecule has 0 aliphatic heterocycles. The Morgan fingerprint density at radius 2 is 1.89 bits per heavy atom. The number of hydrogen-bond acceptors (Lipinski definition) is 5. The van der Waals surface area contributed by atoms with E-state index in [0.29, 0.717) is 23.6 Å². The Morgan fingerprint density at radius 1 is 1.30 bits per heavy atom. The SMILES string of the molecule is Cc1nc(-c2ccncc2)[nH]c(=O)c1CC(=O)NC(C)(CN)C(C)C.Cl.Cl. The summed E-state index contributed by atoms with van der Waals surface area (Å²) in [6, 6.07) is 3.53. The van der Waals surface area contributed by atoms with Gasteiger partial charge in [-0.15, -0.1) is 24.8 Å². The smallest absolute Gasteiger partial charge is 0.255 e. The molecule has 2 aromatic rings. The highest BCUT2D eigenvalue weighted by Crippen LogP contribution is 2.16. The summed E-state index contributed by atoms with van der Waals surface area (Å²) in [6.07, 6.45) is 3.23. The van der Waals surface area contributed by atoms with Gasteiger partial charge in [-0.2, -0.15) is 0 Å². The minimum Gasteiger partial charge on any atom is -0.349 e. The highest BCUT2D eigenvalue weighted by molar-refractivity contribution is 5.85. The average molecular weight is 416 g/mol. The van der Waals surface area contributed by atoms with Crippen molar-refractivity contribution in [1.29, 1.82) is 0 Å². The number of rotatable bonds is 6. The predicted molar refractivity (Wildman–Crippen MR) is 111 cm³/mol. The molecule has 2 heterocycles. The summed E-state index contributed by atoms with van der Waals surface area (Å²) < 4.78 is 0. The molecule has 1 atom stereocenters. The number of H-pyrrole nitrogens is 1. The number of amides is 1. The first kappa shape index (κ1) is 25.0. The fourth-order valence-corrected chi connectivity index (χ4v) is 2.42. The van der Waals surface area contributed by atoms with Crippen LogP contribution in [0.2, 0.25) is 0 Å². The maximum Gasteiger partial charge on any atom is 0.255 e. The van der Waals surface area contributed by atoms with E-state index in [1.165, 1.54) is 0 Å². The van der Waals surface area contributed by atoms with E-state index >= 15 is 0 Å². The van der Waals surface area contributed by atoms with Crippen molar-refractivity contribution < 1.29 is 4.79 Å². The zero-order valence-corrected chi connectivity index (χ0v) is 17.5. The number of pyridine rings is 1. The lowest BCUT2D eigenvalue weighted by atomic mass is 9.88. The first-order valence-electron chi connectivity index (χ1n) is 8.28. The van der Waals surface area contributed by atoms with E-state index in [0.717, 1.165) is 5.56 Å². The molecule has 0 aliphatic carbocycles. The summed E-state index contributed by atoms with van der Waals surface area (Å²) in [6.45, 7) is 7.95. The van der Waals surface area contributed by atoms with Crippen molar-refractivity contribution in [3.63, 3.8) is 0 Å².